The zero-order valence-electron chi connectivity index (χ0n) is 43.4. The molecule has 8 rings (SSSR count). The van der Waals surface area contributed by atoms with Gasteiger partial charge < -0.3 is 48.9 Å². The zero-order chi connectivity index (χ0) is 52.7. The molecule has 398 valence electrons. The van der Waals surface area contributed by atoms with Crippen LogP contribution in [0.15, 0.2) is 65.3 Å². The number of ether oxygens (including phenoxy) is 5. The van der Waals surface area contributed by atoms with Crippen molar-refractivity contribution < 1.29 is 47.6 Å². The summed E-state index contributed by atoms with van der Waals surface area (Å²) in [6, 6.07) is 9.52. The number of nitrogens with one attached hydrogen (secondary N) is 2. The number of carbonyl (C=O) groups is 3. The van der Waals surface area contributed by atoms with E-state index in [0.29, 0.717) is 49.7 Å². The number of methoxy groups -OCH3 is 2. The maximum atomic E-state index is 14.7. The number of aryl methyl sites for hydroxylation is 2. The Morgan fingerprint density at radius 1 is 0.919 bits per heavy atom. The molecule has 5 aromatic rings. The van der Waals surface area contributed by atoms with Gasteiger partial charge in [-0.25, -0.2) is 9.37 Å². The smallest absolute Gasteiger partial charge is 0.259 e. The van der Waals surface area contributed by atoms with Gasteiger partial charge in [0.2, 0.25) is 11.8 Å². The van der Waals surface area contributed by atoms with Gasteiger partial charge in [0, 0.05) is 95.5 Å². The van der Waals surface area contributed by atoms with Gasteiger partial charge in [-0.15, -0.1) is 11.3 Å². The minimum Gasteiger partial charge on any atom is -0.496 e. The highest BCUT2D eigenvalue weighted by molar-refractivity contribution is 7.13. The van der Waals surface area contributed by atoms with Crippen LogP contribution in [0.4, 0.5) is 4.39 Å². The van der Waals surface area contributed by atoms with Crippen molar-refractivity contribution >= 4 is 39.8 Å². The number of β-amino-alcohol motifs (C(OH)–C–C–N with tert-alkyl or cyclic N) is 1. The molecule has 3 unspecified atom stereocenters. The molecule has 3 amide bonds. The number of pyridine rings is 2. The average molecular weight is 1040 g/mol. The molecule has 0 spiro atoms. The van der Waals surface area contributed by atoms with Crippen LogP contribution in [0, 0.1) is 12.3 Å². The normalized spacial score (nSPS) is 18.3. The molecule has 3 aromatic heterocycles. The molecule has 2 aliphatic heterocycles. The van der Waals surface area contributed by atoms with E-state index in [1.807, 2.05) is 49.5 Å². The molecule has 3 atom stereocenters. The molecule has 5 heterocycles. The van der Waals surface area contributed by atoms with Crippen LogP contribution in [0.3, 0.4) is 0 Å². The second-order valence-electron chi connectivity index (χ2n) is 20.4. The molecular weight excluding hydrogens is 972 g/mol. The number of hydrogen-bond donors (Lipinski definition) is 3. The number of amides is 3. The fourth-order valence-electron chi connectivity index (χ4n) is 9.53. The number of halogens is 1. The lowest BCUT2D eigenvalue weighted by molar-refractivity contribution is -0.145. The molecule has 20 heteroatoms. The van der Waals surface area contributed by atoms with Crippen LogP contribution >= 0.6 is 11.3 Å². The van der Waals surface area contributed by atoms with Crippen LogP contribution in [0.2, 0.25) is 0 Å². The summed E-state index contributed by atoms with van der Waals surface area (Å²) in [6.45, 7) is 14.1. The van der Waals surface area contributed by atoms with E-state index in [1.54, 1.807) is 64.5 Å². The Balaban J connectivity index is 0.779. The maximum Gasteiger partial charge on any atom is 0.259 e. The third kappa shape index (κ3) is 12.7. The first-order valence-electron chi connectivity index (χ1n) is 25.2. The Labute approximate surface area is 435 Å². The molecule has 2 aromatic carbocycles. The van der Waals surface area contributed by atoms with E-state index in [4.69, 9.17) is 23.7 Å². The van der Waals surface area contributed by atoms with Crippen molar-refractivity contribution in [2.24, 2.45) is 12.5 Å². The minimum atomic E-state index is -1.98. The lowest BCUT2D eigenvalue weighted by Gasteiger charge is -2.35. The fraction of sp³-hybridized carbons (Fsp3) is 0.519. The molecular formula is C54H69FN8O10S. The fourth-order valence-corrected chi connectivity index (χ4v) is 10.3. The number of carbonyl (C=O) groups excluding carboxylic acids is 3. The summed E-state index contributed by atoms with van der Waals surface area (Å²) in [6.07, 6.45) is 4.41. The number of aliphatic hydroxyl groups excluding tert-OH is 1. The summed E-state index contributed by atoms with van der Waals surface area (Å²) in [4.78, 5) is 68.9. The highest BCUT2D eigenvalue weighted by Gasteiger charge is 2.53. The average Bonchev–Trinajstić information content (AvgIpc) is 3.80. The molecule has 1 aliphatic carbocycles. The SMILES string of the molecule is COc1cc(-c2cn(C)c(=O)c3cnccc23)cc(OC)c1CN1CCN(CCOCCOCCOc2cc(-c3scnc3C)ccc2CNC(=O)C2CC(O)CN2C(=O)C(NC(=O)C2(F)CC2)C(C)(C)C)CC1. The number of fused-ring (bicyclic) bond motifs is 1. The summed E-state index contributed by atoms with van der Waals surface area (Å²) < 4.78 is 46.2. The first-order chi connectivity index (χ1) is 35.5. The van der Waals surface area contributed by atoms with Gasteiger partial charge in [0.15, 0.2) is 5.67 Å². The van der Waals surface area contributed by atoms with E-state index in [0.717, 1.165) is 82.4 Å². The van der Waals surface area contributed by atoms with Gasteiger partial charge in [-0.1, -0.05) is 32.9 Å². The summed E-state index contributed by atoms with van der Waals surface area (Å²) in [5, 5.41) is 17.6. The van der Waals surface area contributed by atoms with Crippen LogP contribution in [0.1, 0.15) is 56.9 Å². The molecule has 2 saturated heterocycles. The lowest BCUT2D eigenvalue weighted by atomic mass is 9.85. The van der Waals surface area contributed by atoms with Crippen LogP contribution in [-0.4, -0.2) is 162 Å². The molecule has 3 N–H and O–H groups in total. The standard InChI is InChI=1S/C54H69FN8O10S/c1-34-47(74-33-58-34)35-8-9-36(28-57-49(65)43-27-38(64)30-63(43)51(67)48(53(2,3)4)59-52(68)54(55)11-12-54)44(24-35)73-23-22-72-21-20-71-19-18-61-14-16-62(17-15-61)32-42-45(69-6)25-37(26-46(42)70-7)41-31-60(5)50(66)40-29-56-13-10-39(40)41/h8-10,13,24-26,29,31,33,38,43,48,64H,11-12,14-23,27-28,30,32H2,1-7H3,(H,57,65)(H,59,68). The van der Waals surface area contributed by atoms with E-state index in [9.17, 15) is 28.7 Å². The van der Waals surface area contributed by atoms with Crippen molar-refractivity contribution in [2.45, 2.75) is 83.9 Å². The molecule has 3 fully saturated rings. The predicted molar refractivity (Wildman–Crippen MR) is 279 cm³/mol. The Morgan fingerprint density at radius 2 is 1.59 bits per heavy atom. The summed E-state index contributed by atoms with van der Waals surface area (Å²) in [7, 11) is 5.07. The van der Waals surface area contributed by atoms with Gasteiger partial charge in [0.1, 0.15) is 35.9 Å². The number of likely N-dealkylation sites (tertiary alicyclic amines) is 1. The number of thiazole rings is 1. The van der Waals surface area contributed by atoms with Gasteiger partial charge >= 0.3 is 0 Å². The number of hydrogen-bond acceptors (Lipinski definition) is 15. The highest BCUT2D eigenvalue weighted by Crippen LogP contribution is 2.41. The second kappa shape index (κ2) is 23.7. The number of nitrogens with zero attached hydrogens (tertiary/aromatic N) is 6. The van der Waals surface area contributed by atoms with Crippen molar-refractivity contribution in [3.05, 3.63) is 87.7 Å². The highest BCUT2D eigenvalue weighted by atomic mass is 32.1. The monoisotopic (exact) mass is 1040 g/mol. The molecule has 74 heavy (non-hydrogen) atoms. The van der Waals surface area contributed by atoms with E-state index < -0.39 is 47.0 Å². The Bertz CT molecular complexity index is 2830. The minimum absolute atomic E-state index is 0.0182. The van der Waals surface area contributed by atoms with Crippen molar-refractivity contribution in [1.29, 1.82) is 0 Å². The van der Waals surface area contributed by atoms with Crippen LogP contribution in [0.5, 0.6) is 17.2 Å². The summed E-state index contributed by atoms with van der Waals surface area (Å²) in [5.74, 6) is 0.141. The number of aliphatic hydroxyl groups is 1. The Morgan fingerprint density at radius 3 is 2.26 bits per heavy atom. The number of alkyl halides is 1. The topological polar surface area (TPSA) is 199 Å². The van der Waals surface area contributed by atoms with E-state index in [1.165, 1.54) is 16.2 Å². The second-order valence-corrected chi connectivity index (χ2v) is 21.2. The largest absolute Gasteiger partial charge is 0.496 e. The van der Waals surface area contributed by atoms with Gasteiger partial charge in [-0.3, -0.25) is 34.0 Å². The van der Waals surface area contributed by atoms with Gasteiger partial charge in [0.25, 0.3) is 11.5 Å². The third-order valence-electron chi connectivity index (χ3n) is 14.0. The van der Waals surface area contributed by atoms with Crippen LogP contribution < -0.4 is 30.4 Å². The number of rotatable bonds is 22. The first kappa shape index (κ1) is 54.2. The van der Waals surface area contributed by atoms with E-state index >= 15 is 0 Å². The molecule has 18 nitrogen and oxygen atoms in total. The van der Waals surface area contributed by atoms with Crippen molar-refractivity contribution in [3.63, 3.8) is 0 Å². The Hall–Kier alpha value is -6.03. The first-order valence-corrected chi connectivity index (χ1v) is 26.1. The van der Waals surface area contributed by atoms with Crippen LogP contribution in [0.25, 0.3) is 32.3 Å². The Kier molecular flexibility index (Phi) is 17.3. The number of aromatic nitrogens is 3. The summed E-state index contributed by atoms with van der Waals surface area (Å²) in [5.41, 5.74) is 4.14. The molecule has 0 bridgehead atoms. The van der Waals surface area contributed by atoms with Crippen molar-refractivity contribution in [3.8, 4) is 38.8 Å². The number of benzene rings is 2. The van der Waals surface area contributed by atoms with Crippen molar-refractivity contribution in [2.75, 3.05) is 86.5 Å². The third-order valence-corrected chi connectivity index (χ3v) is 15.0. The van der Waals surface area contributed by atoms with Gasteiger partial charge in [0.05, 0.1) is 73.8 Å². The molecule has 3 aliphatic rings. The zero-order valence-corrected chi connectivity index (χ0v) is 44.2. The van der Waals surface area contributed by atoms with E-state index in [2.05, 4.69) is 30.4 Å². The van der Waals surface area contributed by atoms with Gasteiger partial charge in [-0.05, 0) is 66.0 Å². The quantitative estimate of drug-likeness (QED) is 0.0792. The van der Waals surface area contributed by atoms with Crippen LogP contribution in [-0.2, 0) is 44.0 Å². The van der Waals surface area contributed by atoms with Crippen molar-refractivity contribution in [1.82, 2.24) is 39.9 Å². The maximum absolute atomic E-state index is 14.7. The summed E-state index contributed by atoms with van der Waals surface area (Å²) >= 11 is 1.52. The molecule has 0 radical (unpaired) electrons. The predicted octanol–water partition coefficient (Wildman–Crippen LogP) is 4.89. The molecule has 1 saturated carbocycles. The lowest BCUT2D eigenvalue weighted by Crippen LogP contribution is -2.59. The van der Waals surface area contributed by atoms with Gasteiger partial charge in [-0.2, -0.15) is 0 Å². The van der Waals surface area contributed by atoms with E-state index in [-0.39, 0.29) is 44.5 Å². The number of piperazine rings is 1.